The molecule has 21 heavy (non-hydrogen) atoms. The zero-order valence-electron chi connectivity index (χ0n) is 11.4. The number of hydrogen-bond donors (Lipinski definition) is 0. The molecule has 2 nitrogen and oxygen atoms in total. The second-order valence-electron chi connectivity index (χ2n) is 5.03. The van der Waals surface area contributed by atoms with Crippen molar-refractivity contribution in [2.75, 3.05) is 0 Å². The number of fused-ring (bicyclic) bond motifs is 1. The summed E-state index contributed by atoms with van der Waals surface area (Å²) in [6.07, 6.45) is -0.204. The summed E-state index contributed by atoms with van der Waals surface area (Å²) in [6, 6.07) is 9.24. The standard InChI is InChI=1S/C16H13F3N2/c1-11-4-3-7-21-10-14(20-15(11)21)9-12-5-2-6-13(8-12)16(17,18)19/h2-8,10H,9H2,1H3. The average molecular weight is 290 g/mol. The van der Waals surface area contributed by atoms with Crippen molar-refractivity contribution >= 4 is 5.65 Å². The highest BCUT2D eigenvalue weighted by molar-refractivity contribution is 5.48. The number of aryl methyl sites for hydroxylation is 1. The Labute approximate surface area is 119 Å². The maximum Gasteiger partial charge on any atom is 0.416 e. The highest BCUT2D eigenvalue weighted by Gasteiger charge is 2.30. The van der Waals surface area contributed by atoms with Gasteiger partial charge in [-0.2, -0.15) is 13.2 Å². The molecule has 0 atom stereocenters. The lowest BCUT2D eigenvalue weighted by Crippen LogP contribution is -2.05. The monoisotopic (exact) mass is 290 g/mol. The van der Waals surface area contributed by atoms with Gasteiger partial charge >= 0.3 is 6.18 Å². The summed E-state index contributed by atoms with van der Waals surface area (Å²) in [5, 5.41) is 0. The first-order valence-electron chi connectivity index (χ1n) is 6.53. The minimum atomic E-state index is -4.31. The van der Waals surface area contributed by atoms with Gasteiger partial charge in [0.1, 0.15) is 5.65 Å². The molecule has 0 unspecified atom stereocenters. The molecule has 2 aromatic heterocycles. The molecular formula is C16H13F3N2. The summed E-state index contributed by atoms with van der Waals surface area (Å²) in [5.41, 5.74) is 2.60. The van der Waals surface area contributed by atoms with Crippen molar-refractivity contribution in [3.8, 4) is 0 Å². The lowest BCUT2D eigenvalue weighted by molar-refractivity contribution is -0.137. The van der Waals surface area contributed by atoms with Crippen LogP contribution in [0, 0.1) is 6.92 Å². The van der Waals surface area contributed by atoms with Crippen LogP contribution < -0.4 is 0 Å². The van der Waals surface area contributed by atoms with Crippen LogP contribution in [-0.2, 0) is 12.6 Å². The minimum Gasteiger partial charge on any atom is -0.307 e. The predicted octanol–water partition coefficient (Wildman–Crippen LogP) is 4.25. The molecule has 3 rings (SSSR count). The van der Waals surface area contributed by atoms with Gasteiger partial charge in [0.2, 0.25) is 0 Å². The molecule has 0 spiro atoms. The van der Waals surface area contributed by atoms with Gasteiger partial charge in [-0.05, 0) is 30.2 Å². The van der Waals surface area contributed by atoms with E-state index in [1.807, 2.05) is 35.9 Å². The van der Waals surface area contributed by atoms with E-state index in [-0.39, 0.29) is 0 Å². The van der Waals surface area contributed by atoms with E-state index in [9.17, 15) is 13.2 Å². The van der Waals surface area contributed by atoms with Gasteiger partial charge in [-0.25, -0.2) is 4.98 Å². The predicted molar refractivity (Wildman–Crippen MR) is 74.2 cm³/mol. The fourth-order valence-corrected chi connectivity index (χ4v) is 2.36. The molecular weight excluding hydrogens is 277 g/mol. The summed E-state index contributed by atoms with van der Waals surface area (Å²) >= 11 is 0. The van der Waals surface area contributed by atoms with Crippen LogP contribution in [0.25, 0.3) is 5.65 Å². The van der Waals surface area contributed by atoms with E-state index >= 15 is 0 Å². The maximum absolute atomic E-state index is 12.7. The van der Waals surface area contributed by atoms with E-state index in [0.29, 0.717) is 12.0 Å². The van der Waals surface area contributed by atoms with Gasteiger partial charge in [0.25, 0.3) is 0 Å². The number of benzene rings is 1. The van der Waals surface area contributed by atoms with Crippen molar-refractivity contribution < 1.29 is 13.2 Å². The van der Waals surface area contributed by atoms with Gasteiger partial charge in [-0.1, -0.05) is 24.3 Å². The Balaban J connectivity index is 1.93. The first kappa shape index (κ1) is 13.7. The highest BCUT2D eigenvalue weighted by atomic mass is 19.4. The number of imidazole rings is 1. The molecule has 0 aliphatic carbocycles. The SMILES string of the molecule is Cc1cccn2cc(Cc3cccc(C(F)(F)F)c3)nc12. The molecule has 0 radical (unpaired) electrons. The Kier molecular flexibility index (Phi) is 3.20. The molecule has 2 heterocycles. The largest absolute Gasteiger partial charge is 0.416 e. The summed E-state index contributed by atoms with van der Waals surface area (Å²) in [4.78, 5) is 4.48. The molecule has 3 aromatic rings. The quantitative estimate of drug-likeness (QED) is 0.689. The Morgan fingerprint density at radius 1 is 1.14 bits per heavy atom. The van der Waals surface area contributed by atoms with Gasteiger partial charge in [-0.15, -0.1) is 0 Å². The van der Waals surface area contributed by atoms with E-state index in [1.165, 1.54) is 12.1 Å². The van der Waals surface area contributed by atoms with Gasteiger partial charge < -0.3 is 4.40 Å². The summed E-state index contributed by atoms with van der Waals surface area (Å²) < 4.78 is 40.0. The van der Waals surface area contributed by atoms with Crippen molar-refractivity contribution in [2.45, 2.75) is 19.5 Å². The third-order valence-corrected chi connectivity index (χ3v) is 3.37. The molecule has 0 aliphatic heterocycles. The second-order valence-corrected chi connectivity index (χ2v) is 5.03. The minimum absolute atomic E-state index is 0.380. The second kappa shape index (κ2) is 4.91. The number of hydrogen-bond acceptors (Lipinski definition) is 1. The Hall–Kier alpha value is -2.30. The van der Waals surface area contributed by atoms with E-state index in [0.717, 1.165) is 23.0 Å². The van der Waals surface area contributed by atoms with E-state index < -0.39 is 11.7 Å². The molecule has 0 aliphatic rings. The van der Waals surface area contributed by atoms with Gasteiger partial charge in [0.05, 0.1) is 11.3 Å². The zero-order valence-corrected chi connectivity index (χ0v) is 11.4. The fourth-order valence-electron chi connectivity index (χ4n) is 2.36. The Morgan fingerprint density at radius 2 is 1.95 bits per heavy atom. The van der Waals surface area contributed by atoms with Crippen LogP contribution in [-0.4, -0.2) is 9.38 Å². The molecule has 0 amide bonds. The average Bonchev–Trinajstić information content (AvgIpc) is 2.82. The molecule has 0 fully saturated rings. The third kappa shape index (κ3) is 2.77. The van der Waals surface area contributed by atoms with E-state index in [2.05, 4.69) is 4.98 Å². The summed E-state index contributed by atoms with van der Waals surface area (Å²) in [5.74, 6) is 0. The topological polar surface area (TPSA) is 17.3 Å². The third-order valence-electron chi connectivity index (χ3n) is 3.37. The number of nitrogens with zero attached hydrogens (tertiary/aromatic N) is 2. The van der Waals surface area contributed by atoms with Crippen LogP contribution in [0.4, 0.5) is 13.2 Å². The van der Waals surface area contributed by atoms with Gasteiger partial charge in [0.15, 0.2) is 0 Å². The van der Waals surface area contributed by atoms with Crippen LogP contribution in [0.1, 0.15) is 22.4 Å². The zero-order chi connectivity index (χ0) is 15.0. The van der Waals surface area contributed by atoms with Crippen molar-refractivity contribution in [1.82, 2.24) is 9.38 Å². The number of aromatic nitrogens is 2. The first-order valence-corrected chi connectivity index (χ1v) is 6.53. The van der Waals surface area contributed by atoms with Crippen molar-refractivity contribution in [2.24, 2.45) is 0 Å². The molecule has 0 saturated heterocycles. The normalized spacial score (nSPS) is 12.0. The molecule has 108 valence electrons. The molecule has 0 bridgehead atoms. The number of halogens is 3. The lowest BCUT2D eigenvalue weighted by atomic mass is 10.1. The summed E-state index contributed by atoms with van der Waals surface area (Å²) in [7, 11) is 0. The number of rotatable bonds is 2. The van der Waals surface area contributed by atoms with Crippen molar-refractivity contribution in [3.63, 3.8) is 0 Å². The van der Waals surface area contributed by atoms with Crippen molar-refractivity contribution in [3.05, 3.63) is 71.2 Å². The lowest BCUT2D eigenvalue weighted by Gasteiger charge is -2.07. The fraction of sp³-hybridized carbons (Fsp3) is 0.188. The first-order chi connectivity index (χ1) is 9.93. The Bertz CT molecular complexity index is 788. The van der Waals surface area contributed by atoms with Crippen LogP contribution in [0.5, 0.6) is 0 Å². The van der Waals surface area contributed by atoms with Crippen molar-refractivity contribution in [1.29, 1.82) is 0 Å². The highest BCUT2D eigenvalue weighted by Crippen LogP contribution is 2.30. The molecule has 0 N–H and O–H groups in total. The Morgan fingerprint density at radius 3 is 2.67 bits per heavy atom. The number of alkyl halides is 3. The molecule has 0 saturated carbocycles. The van der Waals surface area contributed by atoms with Gasteiger partial charge in [0, 0.05) is 18.8 Å². The van der Waals surface area contributed by atoms with Crippen LogP contribution in [0.15, 0.2) is 48.8 Å². The van der Waals surface area contributed by atoms with Crippen LogP contribution in [0.2, 0.25) is 0 Å². The smallest absolute Gasteiger partial charge is 0.307 e. The van der Waals surface area contributed by atoms with Gasteiger partial charge in [-0.3, -0.25) is 0 Å². The van der Waals surface area contributed by atoms with Crippen LogP contribution >= 0.6 is 0 Å². The number of pyridine rings is 1. The molecule has 1 aromatic carbocycles. The summed E-state index contributed by atoms with van der Waals surface area (Å²) in [6.45, 7) is 1.95. The van der Waals surface area contributed by atoms with Crippen LogP contribution in [0.3, 0.4) is 0 Å². The maximum atomic E-state index is 12.7. The molecule has 5 heteroatoms. The van der Waals surface area contributed by atoms with E-state index in [4.69, 9.17) is 0 Å². The van der Waals surface area contributed by atoms with E-state index in [1.54, 1.807) is 6.07 Å².